The van der Waals surface area contributed by atoms with Gasteiger partial charge in [-0.2, -0.15) is 0 Å². The summed E-state index contributed by atoms with van der Waals surface area (Å²) < 4.78 is 12.5. The molecule has 3 nitrogen and oxygen atoms in total. The van der Waals surface area contributed by atoms with Gasteiger partial charge in [0.1, 0.15) is 22.3 Å². The summed E-state index contributed by atoms with van der Waals surface area (Å²) in [6, 6.07) is 57.9. The standard InChI is InChI=1S/C44H27NO2/c1-2-9-33(10-3-1)45(35-21-16-31-27-43-39(25-32(31)24-35)37-12-6-7-13-40(37)46-43)34-19-14-28(15-20-34)30-17-22-38-42(26-30)47-41-23-18-29-8-4-5-11-36(29)44(38)41/h1-27H. The van der Waals surface area contributed by atoms with Crippen LogP contribution in [0.2, 0.25) is 0 Å². The maximum atomic E-state index is 6.37. The molecule has 0 atom stereocenters. The Hall–Kier alpha value is -6.32. The molecule has 0 aliphatic heterocycles. The van der Waals surface area contributed by atoms with Gasteiger partial charge in [0.2, 0.25) is 0 Å². The fraction of sp³-hybridized carbons (Fsp3) is 0. The Morgan fingerprint density at radius 2 is 1.00 bits per heavy atom. The monoisotopic (exact) mass is 601 g/mol. The molecule has 0 unspecified atom stereocenters. The number of furan rings is 2. The molecule has 10 rings (SSSR count). The Labute approximate surface area is 270 Å². The van der Waals surface area contributed by atoms with Crippen molar-refractivity contribution in [2.24, 2.45) is 0 Å². The van der Waals surface area contributed by atoms with Gasteiger partial charge in [-0.3, -0.25) is 0 Å². The van der Waals surface area contributed by atoms with Crippen molar-refractivity contribution < 1.29 is 8.83 Å². The van der Waals surface area contributed by atoms with Crippen molar-refractivity contribution >= 4 is 82.5 Å². The van der Waals surface area contributed by atoms with Crippen molar-refractivity contribution in [3.8, 4) is 11.1 Å². The van der Waals surface area contributed by atoms with Crippen molar-refractivity contribution in [3.63, 3.8) is 0 Å². The van der Waals surface area contributed by atoms with Gasteiger partial charge >= 0.3 is 0 Å². The van der Waals surface area contributed by atoms with E-state index in [1.165, 1.54) is 21.5 Å². The second-order valence-electron chi connectivity index (χ2n) is 12.2. The molecular weight excluding hydrogens is 574 g/mol. The summed E-state index contributed by atoms with van der Waals surface area (Å²) in [6.07, 6.45) is 0. The fourth-order valence-electron chi connectivity index (χ4n) is 7.15. The minimum atomic E-state index is 0.902. The predicted molar refractivity (Wildman–Crippen MR) is 196 cm³/mol. The van der Waals surface area contributed by atoms with Crippen LogP contribution < -0.4 is 4.90 Å². The molecule has 0 N–H and O–H groups in total. The highest BCUT2D eigenvalue weighted by molar-refractivity contribution is 6.19. The Morgan fingerprint density at radius 3 is 1.89 bits per heavy atom. The van der Waals surface area contributed by atoms with Gasteiger partial charge in [0.25, 0.3) is 0 Å². The highest BCUT2D eigenvalue weighted by atomic mass is 16.3. The molecule has 0 saturated heterocycles. The number of hydrogen-bond acceptors (Lipinski definition) is 3. The van der Waals surface area contributed by atoms with Crippen LogP contribution >= 0.6 is 0 Å². The van der Waals surface area contributed by atoms with E-state index in [0.717, 1.165) is 72.1 Å². The molecule has 0 amide bonds. The van der Waals surface area contributed by atoms with Crippen LogP contribution in [0.25, 0.3) is 76.5 Å². The topological polar surface area (TPSA) is 29.5 Å². The molecule has 0 fully saturated rings. The lowest BCUT2D eigenvalue weighted by Gasteiger charge is -2.26. The van der Waals surface area contributed by atoms with Crippen molar-refractivity contribution in [1.29, 1.82) is 0 Å². The third-order valence-electron chi connectivity index (χ3n) is 9.41. The molecule has 0 radical (unpaired) electrons. The minimum absolute atomic E-state index is 0.902. The molecule has 220 valence electrons. The van der Waals surface area contributed by atoms with Crippen LogP contribution in [0.15, 0.2) is 173 Å². The van der Waals surface area contributed by atoms with Crippen molar-refractivity contribution in [3.05, 3.63) is 164 Å². The van der Waals surface area contributed by atoms with E-state index in [1.54, 1.807) is 0 Å². The minimum Gasteiger partial charge on any atom is -0.456 e. The number of nitrogens with zero attached hydrogens (tertiary/aromatic N) is 1. The fourth-order valence-corrected chi connectivity index (χ4v) is 7.15. The van der Waals surface area contributed by atoms with Crippen LogP contribution in [0.5, 0.6) is 0 Å². The van der Waals surface area contributed by atoms with Crippen LogP contribution in [0, 0.1) is 0 Å². The Bertz CT molecular complexity index is 2790. The van der Waals surface area contributed by atoms with Crippen molar-refractivity contribution in [2.75, 3.05) is 4.90 Å². The van der Waals surface area contributed by atoms with Gasteiger partial charge in [0, 0.05) is 38.6 Å². The summed E-state index contributed by atoms with van der Waals surface area (Å²) in [7, 11) is 0. The second-order valence-corrected chi connectivity index (χ2v) is 12.2. The molecule has 8 aromatic carbocycles. The van der Waals surface area contributed by atoms with Gasteiger partial charge in [-0.15, -0.1) is 0 Å². The first kappa shape index (κ1) is 26.0. The van der Waals surface area contributed by atoms with Crippen molar-refractivity contribution in [1.82, 2.24) is 0 Å². The summed E-state index contributed by atoms with van der Waals surface area (Å²) in [5.74, 6) is 0. The SMILES string of the molecule is c1ccc(N(c2ccc(-c3ccc4c(c3)oc3ccc5ccccc5c34)cc2)c2ccc3cc4oc5ccccc5c4cc3c2)cc1. The van der Waals surface area contributed by atoms with Crippen LogP contribution in [-0.2, 0) is 0 Å². The van der Waals surface area contributed by atoms with E-state index in [0.29, 0.717) is 0 Å². The zero-order valence-corrected chi connectivity index (χ0v) is 25.4. The van der Waals surface area contributed by atoms with E-state index in [2.05, 4.69) is 157 Å². The van der Waals surface area contributed by atoms with E-state index >= 15 is 0 Å². The molecule has 0 bridgehead atoms. The van der Waals surface area contributed by atoms with Gasteiger partial charge < -0.3 is 13.7 Å². The molecule has 47 heavy (non-hydrogen) atoms. The zero-order chi connectivity index (χ0) is 30.9. The average molecular weight is 602 g/mol. The van der Waals surface area contributed by atoms with E-state index < -0.39 is 0 Å². The Kier molecular flexibility index (Phi) is 5.57. The second kappa shape index (κ2) is 10.1. The van der Waals surface area contributed by atoms with Gasteiger partial charge in [-0.25, -0.2) is 0 Å². The average Bonchev–Trinajstić information content (AvgIpc) is 3.69. The number of rotatable bonds is 4. The first-order valence-corrected chi connectivity index (χ1v) is 15.9. The van der Waals surface area contributed by atoms with E-state index in [9.17, 15) is 0 Å². The van der Waals surface area contributed by atoms with Crippen LogP contribution in [0.1, 0.15) is 0 Å². The maximum absolute atomic E-state index is 6.37. The largest absolute Gasteiger partial charge is 0.456 e. The third-order valence-corrected chi connectivity index (χ3v) is 9.41. The van der Waals surface area contributed by atoms with Gasteiger partial charge in [0.05, 0.1) is 0 Å². The van der Waals surface area contributed by atoms with E-state index in [-0.39, 0.29) is 0 Å². The van der Waals surface area contributed by atoms with E-state index in [1.807, 2.05) is 12.1 Å². The van der Waals surface area contributed by atoms with Gasteiger partial charge in [-0.1, -0.05) is 91.0 Å². The number of hydrogen-bond donors (Lipinski definition) is 0. The predicted octanol–water partition coefficient (Wildman–Crippen LogP) is 12.9. The van der Waals surface area contributed by atoms with Crippen molar-refractivity contribution in [2.45, 2.75) is 0 Å². The molecular formula is C44H27NO2. The molecule has 0 aliphatic rings. The Balaban J connectivity index is 1.06. The van der Waals surface area contributed by atoms with Crippen LogP contribution in [0.3, 0.4) is 0 Å². The molecule has 0 aliphatic carbocycles. The zero-order valence-electron chi connectivity index (χ0n) is 25.4. The smallest absolute Gasteiger partial charge is 0.136 e. The maximum Gasteiger partial charge on any atom is 0.136 e. The third kappa shape index (κ3) is 4.14. The number of fused-ring (bicyclic) bond motifs is 9. The van der Waals surface area contributed by atoms with Crippen LogP contribution in [-0.4, -0.2) is 0 Å². The molecule has 0 saturated carbocycles. The lowest BCUT2D eigenvalue weighted by atomic mass is 10.0. The lowest BCUT2D eigenvalue weighted by Crippen LogP contribution is -2.09. The van der Waals surface area contributed by atoms with Gasteiger partial charge in [-0.05, 0) is 105 Å². The summed E-state index contributed by atoms with van der Waals surface area (Å²) in [5, 5.41) is 9.36. The number of para-hydroxylation sites is 2. The number of anilines is 3. The molecule has 2 aromatic heterocycles. The van der Waals surface area contributed by atoms with E-state index in [4.69, 9.17) is 8.83 Å². The normalized spacial score (nSPS) is 11.8. The highest BCUT2D eigenvalue weighted by Gasteiger charge is 2.16. The van der Waals surface area contributed by atoms with Gasteiger partial charge in [0.15, 0.2) is 0 Å². The Morgan fingerprint density at radius 1 is 0.319 bits per heavy atom. The molecule has 10 aromatic rings. The molecule has 0 spiro atoms. The number of benzene rings is 8. The first-order valence-electron chi connectivity index (χ1n) is 15.9. The van der Waals surface area contributed by atoms with Crippen LogP contribution in [0.4, 0.5) is 17.1 Å². The summed E-state index contributed by atoms with van der Waals surface area (Å²) in [6.45, 7) is 0. The first-order chi connectivity index (χ1) is 23.3. The summed E-state index contributed by atoms with van der Waals surface area (Å²) in [4.78, 5) is 2.31. The molecule has 3 heteroatoms. The lowest BCUT2D eigenvalue weighted by molar-refractivity contribution is 0.669. The summed E-state index contributed by atoms with van der Waals surface area (Å²) >= 11 is 0. The highest BCUT2D eigenvalue weighted by Crippen LogP contribution is 2.40. The summed E-state index contributed by atoms with van der Waals surface area (Å²) in [5.41, 5.74) is 9.20. The molecule has 2 heterocycles. The quantitative estimate of drug-likeness (QED) is 0.201.